The van der Waals surface area contributed by atoms with Gasteiger partial charge in [0, 0.05) is 12.0 Å². The predicted octanol–water partition coefficient (Wildman–Crippen LogP) is 4.02. The number of nitrogens with zero attached hydrogens (tertiary/aromatic N) is 1. The molecule has 5 heteroatoms. The van der Waals surface area contributed by atoms with Gasteiger partial charge >= 0.3 is 0 Å². The summed E-state index contributed by atoms with van der Waals surface area (Å²) in [4.78, 5) is 11.8. The SMILES string of the molecule is CCC(=O)N(O)c1ccc(OC)cc1COc1ccc(C)cc1C. The van der Waals surface area contributed by atoms with Crippen molar-refractivity contribution in [3.8, 4) is 11.5 Å². The number of aryl methyl sites for hydroxylation is 2. The van der Waals surface area contributed by atoms with Gasteiger partial charge in [-0.1, -0.05) is 24.6 Å². The van der Waals surface area contributed by atoms with Gasteiger partial charge in [0.2, 0.25) is 5.91 Å². The van der Waals surface area contributed by atoms with Crippen molar-refractivity contribution in [2.24, 2.45) is 0 Å². The Morgan fingerprint density at radius 1 is 1.17 bits per heavy atom. The summed E-state index contributed by atoms with van der Waals surface area (Å²) in [5, 5.41) is 10.8. The Bertz CT molecular complexity index is 727. The van der Waals surface area contributed by atoms with Crippen molar-refractivity contribution in [3.05, 3.63) is 53.1 Å². The van der Waals surface area contributed by atoms with E-state index in [4.69, 9.17) is 9.47 Å². The molecule has 0 aliphatic rings. The van der Waals surface area contributed by atoms with E-state index in [0.717, 1.165) is 16.9 Å². The maximum absolute atomic E-state index is 11.8. The highest BCUT2D eigenvalue weighted by atomic mass is 16.5. The summed E-state index contributed by atoms with van der Waals surface area (Å²) in [6.07, 6.45) is 0.208. The van der Waals surface area contributed by atoms with Crippen molar-refractivity contribution >= 4 is 11.6 Å². The maximum atomic E-state index is 11.8. The molecule has 2 aromatic rings. The molecular weight excluding hydrogens is 306 g/mol. The molecule has 0 saturated carbocycles. The topological polar surface area (TPSA) is 59.0 Å². The van der Waals surface area contributed by atoms with Crippen LogP contribution in [0.1, 0.15) is 30.0 Å². The Balaban J connectivity index is 2.28. The van der Waals surface area contributed by atoms with E-state index >= 15 is 0 Å². The molecule has 0 atom stereocenters. The fourth-order valence-corrected chi connectivity index (χ4v) is 2.41. The number of hydroxylamine groups is 1. The number of benzene rings is 2. The van der Waals surface area contributed by atoms with Gasteiger partial charge in [0.15, 0.2) is 0 Å². The molecule has 0 aliphatic carbocycles. The molecule has 24 heavy (non-hydrogen) atoms. The van der Waals surface area contributed by atoms with E-state index in [2.05, 4.69) is 0 Å². The highest BCUT2D eigenvalue weighted by Gasteiger charge is 2.16. The molecule has 0 aliphatic heterocycles. The molecule has 0 saturated heterocycles. The number of amides is 1. The molecule has 0 aromatic heterocycles. The zero-order valence-electron chi connectivity index (χ0n) is 14.5. The Labute approximate surface area is 142 Å². The standard InChI is InChI=1S/C19H23NO4/c1-5-19(21)20(22)17-8-7-16(23-4)11-15(17)12-24-18-9-6-13(2)10-14(18)3/h6-11,22H,5,12H2,1-4H3. The monoisotopic (exact) mass is 329 g/mol. The first-order valence-electron chi connectivity index (χ1n) is 7.85. The van der Waals surface area contributed by atoms with Crippen molar-refractivity contribution in [1.82, 2.24) is 0 Å². The molecule has 1 N–H and O–H groups in total. The molecule has 0 spiro atoms. The van der Waals surface area contributed by atoms with E-state index in [9.17, 15) is 10.0 Å². The summed E-state index contributed by atoms with van der Waals surface area (Å²) in [5.41, 5.74) is 3.26. The average Bonchev–Trinajstić information content (AvgIpc) is 2.59. The normalized spacial score (nSPS) is 10.4. The Kier molecular flexibility index (Phi) is 5.82. The van der Waals surface area contributed by atoms with E-state index in [1.54, 1.807) is 32.2 Å². The van der Waals surface area contributed by atoms with Crippen LogP contribution in [0.2, 0.25) is 0 Å². The number of ether oxygens (including phenoxy) is 2. The van der Waals surface area contributed by atoms with Crippen LogP contribution in [0.5, 0.6) is 11.5 Å². The smallest absolute Gasteiger partial charge is 0.250 e. The van der Waals surface area contributed by atoms with Crippen molar-refractivity contribution in [1.29, 1.82) is 0 Å². The van der Waals surface area contributed by atoms with Crippen molar-refractivity contribution in [2.45, 2.75) is 33.8 Å². The van der Waals surface area contributed by atoms with Crippen LogP contribution >= 0.6 is 0 Å². The number of carbonyl (C=O) groups is 1. The summed E-state index contributed by atoms with van der Waals surface area (Å²) in [7, 11) is 1.57. The van der Waals surface area contributed by atoms with Crippen molar-refractivity contribution in [2.75, 3.05) is 12.2 Å². The minimum atomic E-state index is -0.382. The van der Waals surface area contributed by atoms with E-state index < -0.39 is 0 Å². The van der Waals surface area contributed by atoms with Gasteiger partial charge in [-0.25, -0.2) is 0 Å². The average molecular weight is 329 g/mol. The van der Waals surface area contributed by atoms with E-state index in [1.165, 1.54) is 0 Å². The summed E-state index contributed by atoms with van der Waals surface area (Å²) < 4.78 is 11.1. The van der Waals surface area contributed by atoms with Crippen LogP contribution in [0, 0.1) is 13.8 Å². The number of hydrogen-bond donors (Lipinski definition) is 1. The molecule has 128 valence electrons. The van der Waals surface area contributed by atoms with Crippen LogP contribution < -0.4 is 14.5 Å². The lowest BCUT2D eigenvalue weighted by molar-refractivity contribution is -0.123. The molecule has 0 radical (unpaired) electrons. The second-order valence-corrected chi connectivity index (χ2v) is 5.61. The van der Waals surface area contributed by atoms with E-state index in [1.807, 2.05) is 32.0 Å². The first kappa shape index (κ1) is 17.8. The largest absolute Gasteiger partial charge is 0.497 e. The van der Waals surface area contributed by atoms with Gasteiger partial charge in [-0.05, 0) is 43.7 Å². The molecule has 0 unspecified atom stereocenters. The lowest BCUT2D eigenvalue weighted by atomic mass is 10.1. The third-order valence-electron chi connectivity index (χ3n) is 3.77. The van der Waals surface area contributed by atoms with Gasteiger partial charge in [-0.15, -0.1) is 0 Å². The second kappa shape index (κ2) is 7.84. The summed E-state index contributed by atoms with van der Waals surface area (Å²) in [6, 6.07) is 11.0. The van der Waals surface area contributed by atoms with Crippen LogP contribution in [-0.4, -0.2) is 18.2 Å². The lowest BCUT2D eigenvalue weighted by Crippen LogP contribution is -2.27. The van der Waals surface area contributed by atoms with E-state index in [0.29, 0.717) is 22.1 Å². The Morgan fingerprint density at radius 3 is 2.54 bits per heavy atom. The van der Waals surface area contributed by atoms with Crippen LogP contribution in [0.25, 0.3) is 0 Å². The van der Waals surface area contributed by atoms with Crippen LogP contribution in [0.3, 0.4) is 0 Å². The molecule has 0 fully saturated rings. The minimum absolute atomic E-state index is 0.208. The Hall–Kier alpha value is -2.53. The van der Waals surface area contributed by atoms with Gasteiger partial charge in [0.05, 0.1) is 12.8 Å². The predicted molar refractivity (Wildman–Crippen MR) is 92.8 cm³/mol. The van der Waals surface area contributed by atoms with E-state index in [-0.39, 0.29) is 18.9 Å². The number of carbonyl (C=O) groups excluding carboxylic acids is 1. The zero-order valence-corrected chi connectivity index (χ0v) is 14.5. The minimum Gasteiger partial charge on any atom is -0.497 e. The van der Waals surface area contributed by atoms with Crippen LogP contribution in [-0.2, 0) is 11.4 Å². The van der Waals surface area contributed by atoms with Crippen molar-refractivity contribution < 1.29 is 19.5 Å². The third-order valence-corrected chi connectivity index (χ3v) is 3.77. The summed E-state index contributed by atoms with van der Waals surface area (Å²) >= 11 is 0. The highest BCUT2D eigenvalue weighted by Crippen LogP contribution is 2.27. The number of rotatable bonds is 6. The fraction of sp³-hybridized carbons (Fsp3) is 0.316. The van der Waals surface area contributed by atoms with Gasteiger partial charge in [0.1, 0.15) is 18.1 Å². The maximum Gasteiger partial charge on any atom is 0.250 e. The van der Waals surface area contributed by atoms with Gasteiger partial charge in [-0.2, -0.15) is 5.06 Å². The molecule has 2 rings (SSSR count). The molecule has 0 heterocycles. The highest BCUT2D eigenvalue weighted by molar-refractivity contribution is 5.91. The quantitative estimate of drug-likeness (QED) is 0.642. The first-order chi connectivity index (χ1) is 11.5. The van der Waals surface area contributed by atoms with Crippen LogP contribution in [0.4, 0.5) is 5.69 Å². The van der Waals surface area contributed by atoms with Crippen LogP contribution in [0.15, 0.2) is 36.4 Å². The summed E-state index contributed by atoms with van der Waals surface area (Å²) in [5.74, 6) is 1.02. The molecular formula is C19H23NO4. The molecule has 0 bridgehead atoms. The zero-order chi connectivity index (χ0) is 17.7. The van der Waals surface area contributed by atoms with Crippen molar-refractivity contribution in [3.63, 3.8) is 0 Å². The number of methoxy groups -OCH3 is 1. The number of anilines is 1. The van der Waals surface area contributed by atoms with Gasteiger partial charge in [0.25, 0.3) is 0 Å². The van der Waals surface area contributed by atoms with Gasteiger partial charge in [-0.3, -0.25) is 10.0 Å². The summed E-state index contributed by atoms with van der Waals surface area (Å²) in [6.45, 7) is 5.91. The fourth-order valence-electron chi connectivity index (χ4n) is 2.41. The molecule has 2 aromatic carbocycles. The lowest BCUT2D eigenvalue weighted by Gasteiger charge is -2.19. The number of hydrogen-bond acceptors (Lipinski definition) is 4. The third kappa shape index (κ3) is 4.06. The first-order valence-corrected chi connectivity index (χ1v) is 7.85. The second-order valence-electron chi connectivity index (χ2n) is 5.61. The molecule has 1 amide bonds. The molecule has 5 nitrogen and oxygen atoms in total. The Morgan fingerprint density at radius 2 is 1.92 bits per heavy atom. The van der Waals surface area contributed by atoms with Gasteiger partial charge < -0.3 is 9.47 Å².